The second-order valence-corrected chi connectivity index (χ2v) is 7.72. The molecule has 1 aliphatic carbocycles. The number of aromatic nitrogens is 3. The molecule has 0 spiro atoms. The minimum Gasteiger partial charge on any atom is -0.384 e. The van der Waals surface area contributed by atoms with Crippen LogP contribution in [0, 0.1) is 27.7 Å². The Hall–Kier alpha value is -3.37. The van der Waals surface area contributed by atoms with Gasteiger partial charge in [-0.3, -0.25) is 0 Å². The van der Waals surface area contributed by atoms with Gasteiger partial charge in [0.2, 0.25) is 0 Å². The molecule has 4 nitrogen and oxygen atoms in total. The van der Waals surface area contributed by atoms with E-state index >= 15 is 0 Å². The largest absolute Gasteiger partial charge is 0.384 e. The zero-order valence-corrected chi connectivity index (χ0v) is 17.9. The van der Waals surface area contributed by atoms with Crippen molar-refractivity contribution < 1.29 is 5.11 Å². The van der Waals surface area contributed by atoms with Crippen molar-refractivity contribution in [1.29, 1.82) is 0 Å². The number of hydrogen-bond acceptors (Lipinski definition) is 2. The molecule has 0 aliphatic heterocycles. The van der Waals surface area contributed by atoms with Crippen LogP contribution in [0.2, 0.25) is 0 Å². The van der Waals surface area contributed by atoms with E-state index < -0.39 is 6.10 Å². The summed E-state index contributed by atoms with van der Waals surface area (Å²) >= 11 is 0. The molecule has 3 heterocycles. The predicted molar refractivity (Wildman–Crippen MR) is 122 cm³/mol. The highest BCUT2D eigenvalue weighted by atomic mass is 16.3. The summed E-state index contributed by atoms with van der Waals surface area (Å²) in [6.45, 7) is 8.28. The van der Waals surface area contributed by atoms with Gasteiger partial charge in [0, 0.05) is 22.8 Å². The SMILES string of the molecule is Cc1ccc(C)n1-c1cc(C(O)C2=C/C=C\C=C/C=C\2)cc(-n2c(C)ccc2C)n1. The average Bonchev–Trinajstić information content (AvgIpc) is 3.21. The van der Waals surface area contributed by atoms with E-state index in [1.54, 1.807) is 0 Å². The van der Waals surface area contributed by atoms with E-state index in [1.807, 2.05) is 54.7 Å². The Morgan fingerprint density at radius 1 is 0.700 bits per heavy atom. The quantitative estimate of drug-likeness (QED) is 0.628. The number of hydrogen-bond donors (Lipinski definition) is 1. The van der Waals surface area contributed by atoms with Crippen LogP contribution >= 0.6 is 0 Å². The summed E-state index contributed by atoms with van der Waals surface area (Å²) in [7, 11) is 0. The van der Waals surface area contributed by atoms with E-state index in [2.05, 4.69) is 61.1 Å². The van der Waals surface area contributed by atoms with Crippen LogP contribution in [-0.4, -0.2) is 19.2 Å². The van der Waals surface area contributed by atoms with E-state index in [4.69, 9.17) is 4.98 Å². The molecule has 1 atom stereocenters. The number of aryl methyl sites for hydroxylation is 4. The summed E-state index contributed by atoms with van der Waals surface area (Å²) in [6, 6.07) is 12.3. The summed E-state index contributed by atoms with van der Waals surface area (Å²) in [6.07, 6.45) is 12.9. The van der Waals surface area contributed by atoms with Gasteiger partial charge < -0.3 is 14.2 Å². The van der Waals surface area contributed by atoms with Gasteiger partial charge in [-0.25, -0.2) is 4.98 Å². The van der Waals surface area contributed by atoms with Crippen molar-refractivity contribution in [2.75, 3.05) is 0 Å². The molecule has 0 amide bonds. The molecule has 0 bridgehead atoms. The van der Waals surface area contributed by atoms with Gasteiger partial charge in [0.05, 0.1) is 0 Å². The summed E-state index contributed by atoms with van der Waals surface area (Å²) < 4.78 is 4.25. The fourth-order valence-corrected chi connectivity index (χ4v) is 3.92. The van der Waals surface area contributed by atoms with Crippen molar-refractivity contribution in [1.82, 2.24) is 14.1 Å². The first-order valence-corrected chi connectivity index (χ1v) is 10.2. The summed E-state index contributed by atoms with van der Waals surface area (Å²) in [5, 5.41) is 11.3. The molecule has 4 heteroatoms. The molecule has 0 aromatic carbocycles. The maximum atomic E-state index is 11.3. The van der Waals surface area contributed by atoms with Gasteiger partial charge >= 0.3 is 0 Å². The van der Waals surface area contributed by atoms with Gasteiger partial charge in [-0.2, -0.15) is 0 Å². The third-order valence-electron chi connectivity index (χ3n) is 5.47. The van der Waals surface area contributed by atoms with Crippen LogP contribution in [0.5, 0.6) is 0 Å². The number of allylic oxidation sites excluding steroid dienone is 6. The van der Waals surface area contributed by atoms with Crippen LogP contribution in [0.4, 0.5) is 0 Å². The van der Waals surface area contributed by atoms with Crippen molar-refractivity contribution in [3.8, 4) is 11.6 Å². The molecule has 30 heavy (non-hydrogen) atoms. The summed E-state index contributed by atoms with van der Waals surface area (Å²) in [4.78, 5) is 4.97. The molecule has 3 aromatic rings. The minimum atomic E-state index is -0.759. The van der Waals surface area contributed by atoms with Crippen molar-refractivity contribution in [3.05, 3.63) is 113 Å². The Kier molecular flexibility index (Phi) is 5.42. The fourth-order valence-electron chi connectivity index (χ4n) is 3.92. The van der Waals surface area contributed by atoms with E-state index in [0.717, 1.165) is 45.5 Å². The van der Waals surface area contributed by atoms with E-state index in [0.29, 0.717) is 0 Å². The Bertz CT molecular complexity index is 1100. The smallest absolute Gasteiger partial charge is 0.139 e. The number of pyridine rings is 1. The van der Waals surface area contributed by atoms with Crippen LogP contribution in [-0.2, 0) is 0 Å². The molecular formula is C26H27N3O. The monoisotopic (exact) mass is 397 g/mol. The van der Waals surface area contributed by atoms with Gasteiger partial charge in [-0.1, -0.05) is 42.5 Å². The van der Waals surface area contributed by atoms with Gasteiger partial charge in [0.25, 0.3) is 0 Å². The molecule has 1 aliphatic rings. The lowest BCUT2D eigenvalue weighted by Crippen LogP contribution is -2.11. The normalized spacial score (nSPS) is 19.4. The van der Waals surface area contributed by atoms with E-state index in [9.17, 15) is 5.11 Å². The van der Waals surface area contributed by atoms with Crippen LogP contribution in [0.25, 0.3) is 11.6 Å². The van der Waals surface area contributed by atoms with Crippen LogP contribution in [0.3, 0.4) is 0 Å². The molecule has 4 rings (SSSR count). The lowest BCUT2D eigenvalue weighted by atomic mass is 10.00. The molecular weight excluding hydrogens is 370 g/mol. The van der Waals surface area contributed by atoms with E-state index in [-0.39, 0.29) is 0 Å². The lowest BCUT2D eigenvalue weighted by Gasteiger charge is -2.19. The predicted octanol–water partition coefficient (Wildman–Crippen LogP) is 5.54. The van der Waals surface area contributed by atoms with Crippen molar-refractivity contribution in [3.63, 3.8) is 0 Å². The second-order valence-electron chi connectivity index (χ2n) is 7.72. The highest BCUT2D eigenvalue weighted by Gasteiger charge is 2.18. The highest BCUT2D eigenvalue weighted by molar-refractivity contribution is 5.47. The van der Waals surface area contributed by atoms with Gasteiger partial charge in [-0.15, -0.1) is 0 Å². The summed E-state index contributed by atoms with van der Waals surface area (Å²) in [5.41, 5.74) is 6.08. The first-order chi connectivity index (χ1) is 14.5. The third kappa shape index (κ3) is 3.74. The Morgan fingerprint density at radius 3 is 1.70 bits per heavy atom. The minimum absolute atomic E-state index is 0.759. The van der Waals surface area contributed by atoms with Crippen LogP contribution in [0.15, 0.2) is 84.5 Å². The molecule has 1 unspecified atom stereocenters. The average molecular weight is 398 g/mol. The maximum Gasteiger partial charge on any atom is 0.139 e. The van der Waals surface area contributed by atoms with Crippen LogP contribution < -0.4 is 0 Å². The Balaban J connectivity index is 1.90. The highest BCUT2D eigenvalue weighted by Crippen LogP contribution is 2.28. The zero-order valence-electron chi connectivity index (χ0n) is 17.9. The fraction of sp³-hybridized carbons (Fsp3) is 0.192. The lowest BCUT2D eigenvalue weighted by molar-refractivity contribution is 0.219. The molecule has 0 saturated heterocycles. The molecule has 152 valence electrons. The van der Waals surface area contributed by atoms with E-state index in [1.165, 1.54) is 0 Å². The topological polar surface area (TPSA) is 43.0 Å². The Labute approximate surface area is 177 Å². The van der Waals surface area contributed by atoms with Crippen LogP contribution in [0.1, 0.15) is 34.4 Å². The Morgan fingerprint density at radius 2 is 1.17 bits per heavy atom. The van der Waals surface area contributed by atoms with Crippen molar-refractivity contribution in [2.45, 2.75) is 33.8 Å². The van der Waals surface area contributed by atoms with Gasteiger partial charge in [0.15, 0.2) is 0 Å². The number of aliphatic hydroxyl groups is 1. The number of nitrogens with zero attached hydrogens (tertiary/aromatic N) is 3. The zero-order chi connectivity index (χ0) is 21.3. The summed E-state index contributed by atoms with van der Waals surface area (Å²) in [5.74, 6) is 1.61. The first-order valence-electron chi connectivity index (χ1n) is 10.2. The molecule has 0 saturated carbocycles. The first kappa shape index (κ1) is 19.9. The third-order valence-corrected chi connectivity index (χ3v) is 5.47. The van der Waals surface area contributed by atoms with Crippen molar-refractivity contribution >= 4 is 0 Å². The number of aliphatic hydroxyl groups excluding tert-OH is 1. The number of rotatable bonds is 4. The molecule has 3 aromatic heterocycles. The second kappa shape index (κ2) is 8.17. The standard InChI is InChI=1S/C26H27N3O/c1-18-12-13-19(2)28(18)24-16-23(26(30)22-10-8-6-5-7-9-11-22)17-25(27-24)29-20(3)14-15-21(29)4/h5-17,26,30H,1-4H3/b6-5-,7-5?,8-6?,9-7-,10-8-,11-9?,22-10?,22-11+. The van der Waals surface area contributed by atoms with Gasteiger partial charge in [0.1, 0.15) is 17.7 Å². The molecule has 0 radical (unpaired) electrons. The molecule has 0 fully saturated rings. The van der Waals surface area contributed by atoms with Crippen molar-refractivity contribution in [2.24, 2.45) is 0 Å². The van der Waals surface area contributed by atoms with Gasteiger partial charge in [-0.05, 0) is 75.2 Å². The maximum absolute atomic E-state index is 11.3. The molecule has 1 N–H and O–H groups in total.